The molecule has 0 bridgehead atoms. The van der Waals surface area contributed by atoms with Gasteiger partial charge in [-0.3, -0.25) is 0 Å². The van der Waals surface area contributed by atoms with Crippen LogP contribution in [-0.4, -0.2) is 36.2 Å². The molecular weight excluding hydrogens is 270 g/mol. The van der Waals surface area contributed by atoms with Gasteiger partial charge in [0.05, 0.1) is 12.1 Å². The Morgan fingerprint density at radius 1 is 1.29 bits per heavy atom. The quantitative estimate of drug-likeness (QED) is 0.812. The minimum absolute atomic E-state index is 0.0208. The Balaban J connectivity index is 1.49. The molecule has 21 heavy (non-hydrogen) atoms. The van der Waals surface area contributed by atoms with Gasteiger partial charge in [-0.15, -0.1) is 0 Å². The molecule has 3 rings (SSSR count). The molecule has 6 nitrogen and oxygen atoms in total. The van der Waals surface area contributed by atoms with Crippen LogP contribution in [0.15, 0.2) is 4.52 Å². The molecule has 2 aliphatic rings. The van der Waals surface area contributed by atoms with Gasteiger partial charge < -0.3 is 19.3 Å². The molecule has 1 aliphatic heterocycles. The van der Waals surface area contributed by atoms with Gasteiger partial charge >= 0.3 is 0 Å². The number of hydrogen-bond donors (Lipinski definition) is 1. The molecule has 118 valence electrons. The molecule has 1 aliphatic carbocycles. The zero-order chi connectivity index (χ0) is 14.5. The van der Waals surface area contributed by atoms with Gasteiger partial charge in [0.2, 0.25) is 5.89 Å². The van der Waals surface area contributed by atoms with Gasteiger partial charge in [-0.1, -0.05) is 18.0 Å². The molecule has 1 atom stereocenters. The van der Waals surface area contributed by atoms with Crippen molar-refractivity contribution in [2.75, 3.05) is 19.8 Å². The molecule has 0 radical (unpaired) electrons. The predicted octanol–water partition coefficient (Wildman–Crippen LogP) is 2.28. The molecular formula is C15H25N3O3. The van der Waals surface area contributed by atoms with E-state index in [2.05, 4.69) is 15.5 Å². The lowest BCUT2D eigenvalue weighted by Gasteiger charge is -2.28. The van der Waals surface area contributed by atoms with Crippen LogP contribution in [0.1, 0.15) is 56.7 Å². The van der Waals surface area contributed by atoms with E-state index in [0.29, 0.717) is 12.5 Å². The third-order valence-electron chi connectivity index (χ3n) is 4.42. The standard InChI is InChI=1S/C15H25N3O3/c1-12-17-14(18-21-12)15(7-3-4-8-15)16-9-11-20-13-6-2-5-10-19-13/h13,16H,2-11H2,1H3. The van der Waals surface area contributed by atoms with Crippen molar-refractivity contribution < 1.29 is 14.0 Å². The fourth-order valence-electron chi connectivity index (χ4n) is 3.27. The number of aromatic nitrogens is 2. The number of rotatable bonds is 6. The van der Waals surface area contributed by atoms with E-state index in [0.717, 1.165) is 44.7 Å². The molecule has 1 unspecified atom stereocenters. The van der Waals surface area contributed by atoms with E-state index in [1.165, 1.54) is 19.3 Å². The summed E-state index contributed by atoms with van der Waals surface area (Å²) in [5.41, 5.74) is -0.130. The van der Waals surface area contributed by atoms with Crippen molar-refractivity contribution in [3.63, 3.8) is 0 Å². The lowest BCUT2D eigenvalue weighted by atomic mass is 9.96. The van der Waals surface area contributed by atoms with Crippen LogP contribution >= 0.6 is 0 Å². The predicted molar refractivity (Wildman–Crippen MR) is 76.7 cm³/mol. The number of hydrogen-bond acceptors (Lipinski definition) is 6. The Kier molecular flexibility index (Phi) is 4.87. The third kappa shape index (κ3) is 3.62. The molecule has 2 heterocycles. The van der Waals surface area contributed by atoms with E-state index in [9.17, 15) is 0 Å². The second kappa shape index (κ2) is 6.85. The molecule has 0 spiro atoms. The smallest absolute Gasteiger partial charge is 0.223 e. The van der Waals surface area contributed by atoms with E-state index in [1.54, 1.807) is 0 Å². The minimum atomic E-state index is -0.130. The minimum Gasteiger partial charge on any atom is -0.353 e. The van der Waals surface area contributed by atoms with Gasteiger partial charge in [-0.05, 0) is 32.1 Å². The third-order valence-corrected chi connectivity index (χ3v) is 4.42. The molecule has 1 N–H and O–H groups in total. The van der Waals surface area contributed by atoms with Gasteiger partial charge in [0.25, 0.3) is 0 Å². The topological polar surface area (TPSA) is 69.4 Å². The normalized spacial score (nSPS) is 25.3. The zero-order valence-corrected chi connectivity index (χ0v) is 12.8. The van der Waals surface area contributed by atoms with Crippen molar-refractivity contribution in [1.29, 1.82) is 0 Å². The monoisotopic (exact) mass is 295 g/mol. The number of nitrogens with zero attached hydrogens (tertiary/aromatic N) is 2. The summed E-state index contributed by atoms with van der Waals surface area (Å²) in [6, 6.07) is 0. The number of nitrogens with one attached hydrogen (secondary N) is 1. The first kappa shape index (κ1) is 14.9. The maximum Gasteiger partial charge on any atom is 0.223 e. The van der Waals surface area contributed by atoms with Crippen LogP contribution in [0, 0.1) is 6.92 Å². The molecule has 0 aromatic carbocycles. The summed E-state index contributed by atoms with van der Waals surface area (Å²) in [6.07, 6.45) is 7.86. The average Bonchev–Trinajstić information content (AvgIpc) is 3.15. The second-order valence-corrected chi connectivity index (χ2v) is 6.02. The molecule has 6 heteroatoms. The molecule has 1 saturated heterocycles. The lowest BCUT2D eigenvalue weighted by molar-refractivity contribution is -0.161. The van der Waals surface area contributed by atoms with Crippen molar-refractivity contribution in [2.45, 2.75) is 63.7 Å². The summed E-state index contributed by atoms with van der Waals surface area (Å²) in [5.74, 6) is 1.43. The molecule has 2 fully saturated rings. The van der Waals surface area contributed by atoms with E-state index < -0.39 is 0 Å². The van der Waals surface area contributed by atoms with Gasteiger partial charge in [-0.25, -0.2) is 0 Å². The fourth-order valence-corrected chi connectivity index (χ4v) is 3.27. The van der Waals surface area contributed by atoms with Crippen LogP contribution in [0.4, 0.5) is 0 Å². The number of ether oxygens (including phenoxy) is 2. The summed E-state index contributed by atoms with van der Waals surface area (Å²) >= 11 is 0. The highest BCUT2D eigenvalue weighted by Gasteiger charge is 2.39. The first-order chi connectivity index (χ1) is 10.3. The highest BCUT2D eigenvalue weighted by molar-refractivity contribution is 5.07. The van der Waals surface area contributed by atoms with Crippen LogP contribution < -0.4 is 5.32 Å². The SMILES string of the molecule is Cc1nc(C2(NCCOC3CCCCO3)CCCC2)no1. The maximum atomic E-state index is 5.78. The molecule has 0 amide bonds. The Labute approximate surface area is 125 Å². The second-order valence-electron chi connectivity index (χ2n) is 6.02. The Morgan fingerprint density at radius 3 is 2.81 bits per heavy atom. The average molecular weight is 295 g/mol. The van der Waals surface area contributed by atoms with Crippen LogP contribution in [0.25, 0.3) is 0 Å². The van der Waals surface area contributed by atoms with Crippen molar-refractivity contribution in [3.05, 3.63) is 11.7 Å². The van der Waals surface area contributed by atoms with Gasteiger partial charge in [0, 0.05) is 20.1 Å². The van der Waals surface area contributed by atoms with Crippen LogP contribution in [0.5, 0.6) is 0 Å². The summed E-state index contributed by atoms with van der Waals surface area (Å²) in [5, 5.41) is 7.72. The zero-order valence-electron chi connectivity index (χ0n) is 12.8. The first-order valence-corrected chi connectivity index (χ1v) is 8.08. The highest BCUT2D eigenvalue weighted by Crippen LogP contribution is 2.37. The maximum absolute atomic E-state index is 5.78. The first-order valence-electron chi connectivity index (χ1n) is 8.08. The van der Waals surface area contributed by atoms with Gasteiger partial charge in [-0.2, -0.15) is 4.98 Å². The van der Waals surface area contributed by atoms with Crippen LogP contribution in [-0.2, 0) is 15.0 Å². The lowest BCUT2D eigenvalue weighted by Crippen LogP contribution is -2.43. The van der Waals surface area contributed by atoms with Crippen LogP contribution in [0.3, 0.4) is 0 Å². The number of aryl methyl sites for hydroxylation is 1. The summed E-state index contributed by atoms with van der Waals surface area (Å²) < 4.78 is 16.5. The molecule has 1 aromatic rings. The van der Waals surface area contributed by atoms with Crippen molar-refractivity contribution in [1.82, 2.24) is 15.5 Å². The van der Waals surface area contributed by atoms with E-state index in [-0.39, 0.29) is 11.8 Å². The molecule has 1 aromatic heterocycles. The Hall–Kier alpha value is -0.980. The van der Waals surface area contributed by atoms with Gasteiger partial charge in [0.15, 0.2) is 12.1 Å². The Morgan fingerprint density at radius 2 is 2.14 bits per heavy atom. The molecule has 1 saturated carbocycles. The Bertz CT molecular complexity index is 437. The van der Waals surface area contributed by atoms with Crippen molar-refractivity contribution in [3.8, 4) is 0 Å². The largest absolute Gasteiger partial charge is 0.353 e. The van der Waals surface area contributed by atoms with E-state index in [4.69, 9.17) is 14.0 Å². The van der Waals surface area contributed by atoms with Crippen molar-refractivity contribution >= 4 is 0 Å². The van der Waals surface area contributed by atoms with Crippen molar-refractivity contribution in [2.24, 2.45) is 0 Å². The van der Waals surface area contributed by atoms with Crippen LogP contribution in [0.2, 0.25) is 0 Å². The van der Waals surface area contributed by atoms with E-state index >= 15 is 0 Å². The summed E-state index contributed by atoms with van der Waals surface area (Å²) in [6.45, 7) is 4.10. The van der Waals surface area contributed by atoms with E-state index in [1.807, 2.05) is 6.92 Å². The summed E-state index contributed by atoms with van der Waals surface area (Å²) in [7, 11) is 0. The van der Waals surface area contributed by atoms with Gasteiger partial charge in [0.1, 0.15) is 0 Å². The highest BCUT2D eigenvalue weighted by atomic mass is 16.7. The summed E-state index contributed by atoms with van der Waals surface area (Å²) in [4.78, 5) is 4.43. The fraction of sp³-hybridized carbons (Fsp3) is 0.867.